The summed E-state index contributed by atoms with van der Waals surface area (Å²) in [5, 5.41) is 3.76. The minimum Gasteiger partial charge on any atom is -0.360 e. The van der Waals surface area contributed by atoms with Crippen LogP contribution in [0.1, 0.15) is 62.7 Å². The van der Waals surface area contributed by atoms with Crippen LogP contribution in [0.3, 0.4) is 0 Å². The van der Waals surface area contributed by atoms with Crippen molar-refractivity contribution >= 4 is 5.78 Å². The highest BCUT2D eigenvalue weighted by atomic mass is 19.4. The van der Waals surface area contributed by atoms with Crippen LogP contribution in [-0.4, -0.2) is 10.9 Å². The van der Waals surface area contributed by atoms with Crippen molar-refractivity contribution in [2.75, 3.05) is 0 Å². The average molecular weight is 385 g/mol. The van der Waals surface area contributed by atoms with E-state index in [0.29, 0.717) is 22.5 Å². The lowest BCUT2D eigenvalue weighted by Gasteiger charge is -2.15. The molecule has 1 saturated carbocycles. The molecule has 0 unspecified atom stereocenters. The fourth-order valence-electron chi connectivity index (χ4n) is 3.45. The highest BCUT2D eigenvalue weighted by Gasteiger charge is 2.34. The molecule has 0 atom stereocenters. The van der Waals surface area contributed by atoms with Crippen molar-refractivity contribution in [2.24, 2.45) is 0 Å². The van der Waals surface area contributed by atoms with Gasteiger partial charge in [0.25, 0.3) is 0 Å². The second-order valence-corrected chi connectivity index (χ2v) is 7.20. The van der Waals surface area contributed by atoms with Gasteiger partial charge >= 0.3 is 6.18 Å². The molecule has 1 aromatic heterocycles. The van der Waals surface area contributed by atoms with Crippen molar-refractivity contribution in [1.82, 2.24) is 5.16 Å². The maximum absolute atomic E-state index is 13.4. The summed E-state index contributed by atoms with van der Waals surface area (Å²) in [6.07, 6.45) is -1.12. The highest BCUT2D eigenvalue weighted by molar-refractivity contribution is 6.10. The van der Waals surface area contributed by atoms with Crippen LogP contribution in [0.15, 0.2) is 53.2 Å². The molecule has 28 heavy (non-hydrogen) atoms. The third-order valence-corrected chi connectivity index (χ3v) is 5.00. The SMILES string of the molecule is Cc1ccc(C(=O)c2cnoc2C2CC2)c(Cc2ccccc2C(F)(F)F)c1. The Morgan fingerprint density at radius 3 is 2.57 bits per heavy atom. The molecular formula is C22H18F3NO2. The van der Waals surface area contributed by atoms with Crippen molar-refractivity contribution in [3.8, 4) is 0 Å². The molecule has 1 aliphatic carbocycles. The van der Waals surface area contributed by atoms with Gasteiger partial charge in [0.2, 0.25) is 0 Å². The van der Waals surface area contributed by atoms with E-state index >= 15 is 0 Å². The van der Waals surface area contributed by atoms with Crippen LogP contribution in [0, 0.1) is 6.92 Å². The first-order valence-electron chi connectivity index (χ1n) is 9.08. The van der Waals surface area contributed by atoms with Crippen LogP contribution < -0.4 is 0 Å². The van der Waals surface area contributed by atoms with Gasteiger partial charge in [-0.05, 0) is 43.4 Å². The molecule has 6 heteroatoms. The molecule has 2 aromatic carbocycles. The zero-order valence-electron chi connectivity index (χ0n) is 15.2. The normalized spacial score (nSPS) is 14.3. The Morgan fingerprint density at radius 1 is 1.11 bits per heavy atom. The summed E-state index contributed by atoms with van der Waals surface area (Å²) in [4.78, 5) is 13.1. The number of ketones is 1. The number of benzene rings is 2. The van der Waals surface area contributed by atoms with Gasteiger partial charge in [-0.3, -0.25) is 4.79 Å². The number of carbonyl (C=O) groups excluding carboxylic acids is 1. The van der Waals surface area contributed by atoms with Crippen molar-refractivity contribution < 1.29 is 22.5 Å². The van der Waals surface area contributed by atoms with Crippen LogP contribution in [0.4, 0.5) is 13.2 Å². The summed E-state index contributed by atoms with van der Waals surface area (Å²) in [7, 11) is 0. The number of rotatable bonds is 5. The Balaban J connectivity index is 1.74. The molecule has 0 bridgehead atoms. The fraction of sp³-hybridized carbons (Fsp3) is 0.273. The zero-order valence-corrected chi connectivity index (χ0v) is 15.2. The number of carbonyl (C=O) groups is 1. The van der Waals surface area contributed by atoms with E-state index in [1.165, 1.54) is 18.3 Å². The van der Waals surface area contributed by atoms with Crippen molar-refractivity contribution in [3.63, 3.8) is 0 Å². The molecule has 0 amide bonds. The lowest BCUT2D eigenvalue weighted by Crippen LogP contribution is -2.12. The van der Waals surface area contributed by atoms with E-state index in [1.54, 1.807) is 24.3 Å². The van der Waals surface area contributed by atoms with Crippen LogP contribution in [-0.2, 0) is 12.6 Å². The third kappa shape index (κ3) is 3.59. The van der Waals surface area contributed by atoms with Gasteiger partial charge in [-0.15, -0.1) is 0 Å². The van der Waals surface area contributed by atoms with E-state index in [2.05, 4.69) is 5.16 Å². The predicted molar refractivity (Wildman–Crippen MR) is 97.3 cm³/mol. The van der Waals surface area contributed by atoms with Gasteiger partial charge in [-0.2, -0.15) is 13.2 Å². The zero-order chi connectivity index (χ0) is 19.9. The average Bonchev–Trinajstić information content (AvgIpc) is 3.37. The molecular weight excluding hydrogens is 367 g/mol. The lowest BCUT2D eigenvalue weighted by atomic mass is 9.91. The van der Waals surface area contributed by atoms with Gasteiger partial charge < -0.3 is 4.52 Å². The topological polar surface area (TPSA) is 43.1 Å². The highest BCUT2D eigenvalue weighted by Crippen LogP contribution is 2.42. The largest absolute Gasteiger partial charge is 0.416 e. The number of halogens is 3. The Kier molecular flexibility index (Phi) is 4.57. The number of hydrogen-bond acceptors (Lipinski definition) is 3. The van der Waals surface area contributed by atoms with Crippen LogP contribution in [0.2, 0.25) is 0 Å². The van der Waals surface area contributed by atoms with Crippen molar-refractivity contribution in [2.45, 2.75) is 38.3 Å². The summed E-state index contributed by atoms with van der Waals surface area (Å²) >= 11 is 0. The van der Waals surface area contributed by atoms with Crippen LogP contribution >= 0.6 is 0 Å². The monoisotopic (exact) mass is 385 g/mol. The van der Waals surface area contributed by atoms with E-state index in [-0.39, 0.29) is 23.7 Å². The second-order valence-electron chi connectivity index (χ2n) is 7.20. The number of aromatic nitrogens is 1. The van der Waals surface area contributed by atoms with Gasteiger partial charge in [0.05, 0.1) is 17.3 Å². The molecule has 144 valence electrons. The quantitative estimate of drug-likeness (QED) is 0.529. The maximum Gasteiger partial charge on any atom is 0.416 e. The molecule has 3 nitrogen and oxygen atoms in total. The molecule has 3 aromatic rings. The molecule has 0 spiro atoms. The molecule has 0 N–H and O–H groups in total. The Labute approximate surface area is 160 Å². The van der Waals surface area contributed by atoms with Gasteiger partial charge in [0.1, 0.15) is 0 Å². The smallest absolute Gasteiger partial charge is 0.360 e. The number of nitrogens with zero attached hydrogens (tertiary/aromatic N) is 1. The number of aryl methyl sites for hydroxylation is 1. The first-order valence-corrected chi connectivity index (χ1v) is 9.08. The fourth-order valence-corrected chi connectivity index (χ4v) is 3.45. The Morgan fingerprint density at radius 2 is 1.86 bits per heavy atom. The first kappa shape index (κ1) is 18.5. The van der Waals surface area contributed by atoms with Crippen LogP contribution in [0.5, 0.6) is 0 Å². The minimum atomic E-state index is -4.45. The van der Waals surface area contributed by atoms with Gasteiger partial charge in [0.15, 0.2) is 11.5 Å². The molecule has 4 rings (SSSR count). The summed E-state index contributed by atoms with van der Waals surface area (Å²) in [6, 6.07) is 10.7. The predicted octanol–water partition coefficient (Wildman–Crippen LogP) is 5.70. The summed E-state index contributed by atoms with van der Waals surface area (Å²) < 4.78 is 45.4. The number of hydrogen-bond donors (Lipinski definition) is 0. The molecule has 0 aliphatic heterocycles. The summed E-state index contributed by atoms with van der Waals surface area (Å²) in [5.74, 6) is 0.524. The van der Waals surface area contributed by atoms with E-state index in [4.69, 9.17) is 4.52 Å². The number of alkyl halides is 3. The van der Waals surface area contributed by atoms with Gasteiger partial charge in [-0.25, -0.2) is 0 Å². The Bertz CT molecular complexity index is 1030. The van der Waals surface area contributed by atoms with E-state index < -0.39 is 11.7 Å². The van der Waals surface area contributed by atoms with Gasteiger partial charge in [0, 0.05) is 11.5 Å². The molecule has 1 aliphatic rings. The first-order chi connectivity index (χ1) is 13.3. The van der Waals surface area contributed by atoms with Crippen molar-refractivity contribution in [3.05, 3.63) is 87.8 Å². The lowest BCUT2D eigenvalue weighted by molar-refractivity contribution is -0.138. The molecule has 0 saturated heterocycles. The third-order valence-electron chi connectivity index (χ3n) is 5.00. The standard InChI is InChI=1S/C22H18F3NO2/c1-13-6-9-17(20(27)18-12-26-28-21(18)14-7-8-14)16(10-13)11-15-4-2-3-5-19(15)22(23,24)25/h2-6,9-10,12,14H,7-8,11H2,1H3. The summed E-state index contributed by atoms with van der Waals surface area (Å²) in [6.45, 7) is 1.85. The van der Waals surface area contributed by atoms with E-state index in [1.807, 2.05) is 6.92 Å². The van der Waals surface area contributed by atoms with E-state index in [0.717, 1.165) is 24.5 Å². The van der Waals surface area contributed by atoms with E-state index in [9.17, 15) is 18.0 Å². The van der Waals surface area contributed by atoms with Crippen LogP contribution in [0.25, 0.3) is 0 Å². The second kappa shape index (κ2) is 6.93. The molecule has 1 heterocycles. The minimum absolute atomic E-state index is 0.0163. The Hall–Kier alpha value is -2.89. The maximum atomic E-state index is 13.4. The van der Waals surface area contributed by atoms with Crippen molar-refractivity contribution in [1.29, 1.82) is 0 Å². The molecule has 0 radical (unpaired) electrons. The van der Waals surface area contributed by atoms with Gasteiger partial charge in [-0.1, -0.05) is 47.1 Å². The summed E-state index contributed by atoms with van der Waals surface area (Å²) in [5.41, 5.74) is 1.68. The molecule has 1 fully saturated rings.